The Morgan fingerprint density at radius 3 is 0.839 bits per heavy atom. The summed E-state index contributed by atoms with van der Waals surface area (Å²) in [7, 11) is 0. The maximum atomic E-state index is 8.72. The second-order valence-electron chi connectivity index (χ2n) is 11.6. The third-order valence-electron chi connectivity index (χ3n) is 5.61. The van der Waals surface area contributed by atoms with Crippen molar-refractivity contribution in [3.05, 3.63) is 0 Å². The lowest BCUT2D eigenvalue weighted by molar-refractivity contribution is 0.168. The van der Waals surface area contributed by atoms with E-state index in [1.54, 1.807) is 0 Å². The molecule has 0 spiro atoms. The van der Waals surface area contributed by atoms with Crippen LogP contribution in [0, 0.1) is 41.4 Å². The van der Waals surface area contributed by atoms with E-state index in [1.807, 2.05) is 6.92 Å². The SMILES string of the molecule is CC(C)C(C)C.CC(C)CC(C)O.CCC(C)C.CCC(C)C(C)C.CCCC(C)C. The third-order valence-corrected chi connectivity index (χ3v) is 5.61. The fourth-order valence-electron chi connectivity index (χ4n) is 1.73. The molecule has 0 aromatic carbocycles. The highest BCUT2D eigenvalue weighted by Crippen LogP contribution is 2.11. The van der Waals surface area contributed by atoms with Gasteiger partial charge in [-0.05, 0) is 54.8 Å². The van der Waals surface area contributed by atoms with Gasteiger partial charge in [0.15, 0.2) is 0 Å². The summed E-state index contributed by atoms with van der Waals surface area (Å²) in [5.74, 6) is 5.88. The zero-order valence-corrected chi connectivity index (χ0v) is 25.6. The summed E-state index contributed by atoms with van der Waals surface area (Å²) in [4.78, 5) is 0. The summed E-state index contributed by atoms with van der Waals surface area (Å²) < 4.78 is 0. The summed E-state index contributed by atoms with van der Waals surface area (Å²) in [5, 5.41) is 8.72. The second kappa shape index (κ2) is 30.0. The van der Waals surface area contributed by atoms with E-state index in [0.717, 1.165) is 41.9 Å². The van der Waals surface area contributed by atoms with Crippen molar-refractivity contribution >= 4 is 0 Å². The predicted molar refractivity (Wildman–Crippen MR) is 150 cm³/mol. The van der Waals surface area contributed by atoms with Crippen molar-refractivity contribution in [1.82, 2.24) is 0 Å². The molecule has 0 fully saturated rings. The first-order chi connectivity index (χ1) is 14.0. The maximum absolute atomic E-state index is 8.72. The molecule has 0 amide bonds. The predicted octanol–water partition coefficient (Wildman–Crippen LogP) is 10.9. The highest BCUT2D eigenvalue weighted by Gasteiger charge is 2.01. The van der Waals surface area contributed by atoms with Crippen LogP contribution in [0.3, 0.4) is 0 Å². The molecular formula is C30H70O. The van der Waals surface area contributed by atoms with E-state index in [9.17, 15) is 0 Å². The van der Waals surface area contributed by atoms with Crippen molar-refractivity contribution in [1.29, 1.82) is 0 Å². The van der Waals surface area contributed by atoms with Gasteiger partial charge >= 0.3 is 0 Å². The Morgan fingerprint density at radius 2 is 0.839 bits per heavy atom. The molecule has 0 rings (SSSR count). The van der Waals surface area contributed by atoms with Crippen molar-refractivity contribution in [2.24, 2.45) is 41.4 Å². The fourth-order valence-corrected chi connectivity index (χ4v) is 1.73. The zero-order valence-electron chi connectivity index (χ0n) is 25.6. The van der Waals surface area contributed by atoms with Crippen LogP contribution >= 0.6 is 0 Å². The summed E-state index contributed by atoms with van der Waals surface area (Å²) in [6.45, 7) is 37.4. The Bertz CT molecular complexity index is 262. The van der Waals surface area contributed by atoms with Crippen molar-refractivity contribution in [3.8, 4) is 0 Å². The molecule has 0 aliphatic carbocycles. The molecule has 1 heteroatoms. The van der Waals surface area contributed by atoms with Crippen LogP contribution in [-0.4, -0.2) is 11.2 Å². The van der Waals surface area contributed by atoms with Gasteiger partial charge in [0.1, 0.15) is 0 Å². The van der Waals surface area contributed by atoms with Gasteiger partial charge in [0.2, 0.25) is 0 Å². The molecule has 1 N–H and O–H groups in total. The monoisotopic (exact) mass is 447 g/mol. The van der Waals surface area contributed by atoms with Crippen molar-refractivity contribution in [2.75, 3.05) is 0 Å². The van der Waals surface area contributed by atoms with Gasteiger partial charge in [-0.2, -0.15) is 0 Å². The van der Waals surface area contributed by atoms with Crippen molar-refractivity contribution in [3.63, 3.8) is 0 Å². The van der Waals surface area contributed by atoms with E-state index in [-0.39, 0.29) is 6.10 Å². The molecule has 0 radical (unpaired) electrons. The van der Waals surface area contributed by atoms with Gasteiger partial charge in [0, 0.05) is 0 Å². The van der Waals surface area contributed by atoms with E-state index in [2.05, 4.69) is 111 Å². The number of hydrogen-bond donors (Lipinski definition) is 1. The molecule has 0 aromatic rings. The first kappa shape index (κ1) is 41.2. The Kier molecular flexibility index (Phi) is 39.9. The minimum atomic E-state index is -0.125. The molecule has 0 heterocycles. The third kappa shape index (κ3) is 65.2. The van der Waals surface area contributed by atoms with Crippen LogP contribution in [0.1, 0.15) is 150 Å². The lowest BCUT2D eigenvalue weighted by Gasteiger charge is -2.10. The lowest BCUT2D eigenvalue weighted by atomic mass is 9.96. The Hall–Kier alpha value is -0.0400. The summed E-state index contributed by atoms with van der Waals surface area (Å²) in [5.41, 5.74) is 0. The molecule has 0 saturated carbocycles. The number of rotatable bonds is 8. The Balaban J connectivity index is -0.0000000913. The minimum Gasteiger partial charge on any atom is -0.393 e. The number of aliphatic hydroxyl groups excluding tert-OH is 1. The topological polar surface area (TPSA) is 20.2 Å². The Morgan fingerprint density at radius 1 is 0.484 bits per heavy atom. The van der Waals surface area contributed by atoms with E-state index < -0.39 is 0 Å². The molecule has 0 saturated heterocycles. The van der Waals surface area contributed by atoms with E-state index in [1.165, 1.54) is 25.7 Å². The number of hydrogen-bond acceptors (Lipinski definition) is 1. The van der Waals surface area contributed by atoms with Crippen LogP contribution in [0.5, 0.6) is 0 Å². The quantitative estimate of drug-likeness (QED) is 0.393. The molecule has 0 aliphatic heterocycles. The highest BCUT2D eigenvalue weighted by atomic mass is 16.3. The smallest absolute Gasteiger partial charge is 0.0514 e. The van der Waals surface area contributed by atoms with Gasteiger partial charge in [0.05, 0.1) is 6.10 Å². The molecule has 0 bridgehead atoms. The number of aliphatic hydroxyl groups is 1. The van der Waals surface area contributed by atoms with Crippen LogP contribution in [0.4, 0.5) is 0 Å². The van der Waals surface area contributed by atoms with Gasteiger partial charge in [-0.15, -0.1) is 0 Å². The van der Waals surface area contributed by atoms with Crippen LogP contribution in [0.15, 0.2) is 0 Å². The zero-order chi connectivity index (χ0) is 26.2. The molecule has 2 unspecified atom stereocenters. The van der Waals surface area contributed by atoms with Gasteiger partial charge in [-0.25, -0.2) is 0 Å². The van der Waals surface area contributed by atoms with Crippen molar-refractivity contribution in [2.45, 2.75) is 156 Å². The van der Waals surface area contributed by atoms with E-state index >= 15 is 0 Å². The van der Waals surface area contributed by atoms with Crippen LogP contribution in [0.2, 0.25) is 0 Å². The average molecular weight is 447 g/mol. The summed E-state index contributed by atoms with van der Waals surface area (Å²) in [6, 6.07) is 0. The average Bonchev–Trinajstić information content (AvgIpc) is 2.61. The highest BCUT2D eigenvalue weighted by molar-refractivity contribution is 4.52. The molecule has 0 aromatic heterocycles. The first-order valence-corrected chi connectivity index (χ1v) is 13.7. The molecule has 0 aliphatic rings. The van der Waals surface area contributed by atoms with Gasteiger partial charge in [-0.3, -0.25) is 0 Å². The summed E-state index contributed by atoms with van der Waals surface area (Å²) >= 11 is 0. The Labute approximate surface area is 202 Å². The molecule has 31 heavy (non-hydrogen) atoms. The first-order valence-electron chi connectivity index (χ1n) is 13.7. The normalized spacial score (nSPS) is 12.4. The van der Waals surface area contributed by atoms with Gasteiger partial charge < -0.3 is 5.11 Å². The van der Waals surface area contributed by atoms with Crippen LogP contribution in [-0.2, 0) is 0 Å². The van der Waals surface area contributed by atoms with Crippen LogP contribution in [0.25, 0.3) is 0 Å². The molecule has 2 atom stereocenters. The maximum Gasteiger partial charge on any atom is 0.0514 e. The largest absolute Gasteiger partial charge is 0.393 e. The standard InChI is InChI=1S/C7H16.C6H14O.2C6H14.C5H12/c1-5-7(4)6(2)3;1-5(2)4-6(3)7;1-5(2)6(3)4;1-4-5-6(2)3;1-4-5(2)3/h6-7H,5H2,1-4H3;5-7H,4H2,1-3H3;5-6H,1-4H3;6H,4-5H2,1-3H3;5H,4H2,1-3H3. The van der Waals surface area contributed by atoms with E-state index in [4.69, 9.17) is 5.11 Å². The van der Waals surface area contributed by atoms with E-state index in [0.29, 0.717) is 5.92 Å². The molecule has 196 valence electrons. The van der Waals surface area contributed by atoms with Gasteiger partial charge in [0.25, 0.3) is 0 Å². The van der Waals surface area contributed by atoms with Gasteiger partial charge in [-0.1, -0.05) is 136 Å². The van der Waals surface area contributed by atoms with Crippen molar-refractivity contribution < 1.29 is 5.11 Å². The molecule has 1 nitrogen and oxygen atoms in total. The second-order valence-corrected chi connectivity index (χ2v) is 11.6. The minimum absolute atomic E-state index is 0.125. The summed E-state index contributed by atoms with van der Waals surface area (Å²) in [6.07, 6.45) is 6.12. The van der Waals surface area contributed by atoms with Crippen LogP contribution < -0.4 is 0 Å². The fraction of sp³-hybridized carbons (Fsp3) is 1.00. The molecular weight excluding hydrogens is 376 g/mol. The lowest BCUT2D eigenvalue weighted by Crippen LogP contribution is -2.03.